The van der Waals surface area contributed by atoms with Crippen LogP contribution in [-0.2, 0) is 0 Å². The Morgan fingerprint density at radius 1 is 1.35 bits per heavy atom. The third kappa shape index (κ3) is 5.29. The van der Waals surface area contributed by atoms with Crippen molar-refractivity contribution in [2.24, 2.45) is 0 Å². The van der Waals surface area contributed by atoms with Crippen LogP contribution in [0.25, 0.3) is 0 Å². The number of pyridine rings is 1. The van der Waals surface area contributed by atoms with E-state index in [2.05, 4.69) is 40.1 Å². The van der Waals surface area contributed by atoms with E-state index in [4.69, 9.17) is 5.73 Å². The van der Waals surface area contributed by atoms with Gasteiger partial charge in [-0.25, -0.2) is 4.98 Å². The van der Waals surface area contributed by atoms with Gasteiger partial charge in [0, 0.05) is 6.04 Å². The number of aromatic nitrogens is 1. The van der Waals surface area contributed by atoms with Gasteiger partial charge in [0.1, 0.15) is 5.82 Å². The van der Waals surface area contributed by atoms with E-state index >= 15 is 0 Å². The zero-order valence-corrected chi connectivity index (χ0v) is 14.2. The topological polar surface area (TPSA) is 71.2 Å². The highest BCUT2D eigenvalue weighted by atomic mass is 79.9. The van der Waals surface area contributed by atoms with Crippen molar-refractivity contribution in [1.82, 2.24) is 4.98 Å². The van der Waals surface area contributed by atoms with Gasteiger partial charge in [0.2, 0.25) is 0 Å². The molecule has 0 saturated heterocycles. The average molecular weight is 344 g/mol. The van der Waals surface area contributed by atoms with E-state index in [1.54, 1.807) is 0 Å². The third-order valence-corrected chi connectivity index (χ3v) is 3.85. The Morgan fingerprint density at radius 3 is 2.45 bits per heavy atom. The Bertz CT molecular complexity index is 418. The van der Waals surface area contributed by atoms with Crippen molar-refractivity contribution in [1.29, 1.82) is 0 Å². The summed E-state index contributed by atoms with van der Waals surface area (Å²) < 4.78 is 0.895. The zero-order valence-electron chi connectivity index (χ0n) is 12.6. The van der Waals surface area contributed by atoms with E-state index in [1.165, 1.54) is 6.42 Å². The number of hydrogen-bond acceptors (Lipinski definition) is 4. The molecule has 4 N–H and O–H groups in total. The molecule has 0 amide bonds. The van der Waals surface area contributed by atoms with Crippen LogP contribution in [0, 0.1) is 6.92 Å². The van der Waals surface area contributed by atoms with Crippen LogP contribution in [0.3, 0.4) is 0 Å². The fraction of sp³-hybridized carbons (Fsp3) is 0.667. The molecule has 1 heterocycles. The molecule has 4 nitrogen and oxygen atoms in total. The molecule has 0 atom stereocenters. The molecule has 5 heteroatoms. The minimum absolute atomic E-state index is 0.127. The highest BCUT2D eigenvalue weighted by Gasteiger charge is 2.20. The number of aliphatic hydroxyl groups excluding tert-OH is 1. The van der Waals surface area contributed by atoms with Crippen LogP contribution in [0.5, 0.6) is 0 Å². The standard InChI is InChI=1S/C12H18BrN3O.C3H8/c1-7-11(14)6-10(13)12(15-7)16-8-2-4-9(17)5-3-8;1-3-2/h6,8-9,17H,2-5,14H2,1H3,(H,15,16);3H2,1-2H3. The summed E-state index contributed by atoms with van der Waals surface area (Å²) in [5.74, 6) is 0.845. The average Bonchev–Trinajstić information content (AvgIpc) is 2.39. The summed E-state index contributed by atoms with van der Waals surface area (Å²) in [6.07, 6.45) is 4.82. The monoisotopic (exact) mass is 343 g/mol. The van der Waals surface area contributed by atoms with Crippen molar-refractivity contribution >= 4 is 27.4 Å². The number of halogens is 1. The van der Waals surface area contributed by atoms with E-state index < -0.39 is 0 Å². The van der Waals surface area contributed by atoms with Gasteiger partial charge in [-0.1, -0.05) is 20.3 Å². The molecule has 20 heavy (non-hydrogen) atoms. The van der Waals surface area contributed by atoms with Crippen LogP contribution in [0.15, 0.2) is 10.5 Å². The molecule has 1 aromatic rings. The highest BCUT2D eigenvalue weighted by molar-refractivity contribution is 9.10. The van der Waals surface area contributed by atoms with Gasteiger partial charge in [0.15, 0.2) is 0 Å². The fourth-order valence-electron chi connectivity index (χ4n) is 2.11. The van der Waals surface area contributed by atoms with Gasteiger partial charge in [0.05, 0.1) is 22.0 Å². The van der Waals surface area contributed by atoms with E-state index in [0.29, 0.717) is 11.7 Å². The van der Waals surface area contributed by atoms with Gasteiger partial charge in [-0.3, -0.25) is 0 Å². The second kappa shape index (κ2) is 8.47. The Kier molecular flexibility index (Phi) is 7.30. The molecule has 1 aliphatic carbocycles. The molecule has 2 rings (SSSR count). The number of anilines is 2. The van der Waals surface area contributed by atoms with Crippen LogP contribution < -0.4 is 11.1 Å². The molecule has 0 aromatic carbocycles. The predicted molar refractivity (Wildman–Crippen MR) is 88.9 cm³/mol. The van der Waals surface area contributed by atoms with Crippen molar-refractivity contribution < 1.29 is 5.11 Å². The minimum Gasteiger partial charge on any atom is -0.397 e. The third-order valence-electron chi connectivity index (χ3n) is 3.24. The normalized spacial score (nSPS) is 21.9. The number of nitrogens with one attached hydrogen (secondary N) is 1. The summed E-state index contributed by atoms with van der Waals surface area (Å²) in [6, 6.07) is 2.27. The van der Waals surface area contributed by atoms with Crippen molar-refractivity contribution in [3.8, 4) is 0 Å². The molecule has 0 unspecified atom stereocenters. The number of nitrogen functional groups attached to an aromatic ring is 1. The maximum Gasteiger partial charge on any atom is 0.140 e. The van der Waals surface area contributed by atoms with Crippen LogP contribution in [-0.4, -0.2) is 22.2 Å². The summed E-state index contributed by atoms with van der Waals surface area (Å²) in [6.45, 7) is 6.15. The number of nitrogens with two attached hydrogens (primary N) is 1. The number of aryl methyl sites for hydroxylation is 1. The fourth-order valence-corrected chi connectivity index (χ4v) is 2.56. The summed E-state index contributed by atoms with van der Waals surface area (Å²) in [4.78, 5) is 4.44. The van der Waals surface area contributed by atoms with E-state index in [9.17, 15) is 5.11 Å². The van der Waals surface area contributed by atoms with E-state index in [0.717, 1.165) is 41.7 Å². The Balaban J connectivity index is 0.000000612. The van der Waals surface area contributed by atoms with Crippen LogP contribution in [0.1, 0.15) is 51.6 Å². The van der Waals surface area contributed by atoms with Crippen molar-refractivity contribution in [2.45, 2.75) is 65.0 Å². The molecular weight excluding hydrogens is 318 g/mol. The van der Waals surface area contributed by atoms with Gasteiger partial charge in [0.25, 0.3) is 0 Å². The molecule has 0 bridgehead atoms. The molecule has 1 aliphatic rings. The summed E-state index contributed by atoms with van der Waals surface area (Å²) >= 11 is 3.47. The Labute approximate surface area is 130 Å². The van der Waals surface area contributed by atoms with Crippen molar-refractivity contribution in [3.63, 3.8) is 0 Å². The van der Waals surface area contributed by atoms with Crippen LogP contribution >= 0.6 is 15.9 Å². The smallest absolute Gasteiger partial charge is 0.140 e. The SMILES string of the molecule is CCC.Cc1nc(NC2CCC(O)CC2)c(Br)cc1N. The largest absolute Gasteiger partial charge is 0.397 e. The van der Waals surface area contributed by atoms with Gasteiger partial charge in [-0.05, 0) is 54.6 Å². The number of rotatable bonds is 2. The number of hydrogen-bond donors (Lipinski definition) is 3. The summed E-state index contributed by atoms with van der Waals surface area (Å²) in [7, 11) is 0. The predicted octanol–water partition coefficient (Wildman–Crippen LogP) is 3.87. The van der Waals surface area contributed by atoms with Gasteiger partial charge >= 0.3 is 0 Å². The van der Waals surface area contributed by atoms with E-state index in [1.807, 2.05) is 13.0 Å². The lowest BCUT2D eigenvalue weighted by Crippen LogP contribution is -2.28. The van der Waals surface area contributed by atoms with Gasteiger partial charge < -0.3 is 16.2 Å². The lowest BCUT2D eigenvalue weighted by Gasteiger charge is -2.27. The molecule has 1 fully saturated rings. The molecule has 114 valence electrons. The first-order valence-corrected chi connectivity index (χ1v) is 8.14. The maximum atomic E-state index is 9.46. The number of nitrogens with zero attached hydrogens (tertiary/aromatic N) is 1. The summed E-state index contributed by atoms with van der Waals surface area (Å²) in [5.41, 5.74) is 7.32. The quantitative estimate of drug-likeness (QED) is 0.762. The molecule has 0 radical (unpaired) electrons. The zero-order chi connectivity index (χ0) is 15.1. The molecule has 1 saturated carbocycles. The summed E-state index contributed by atoms with van der Waals surface area (Å²) in [5, 5.41) is 12.9. The lowest BCUT2D eigenvalue weighted by molar-refractivity contribution is 0.126. The van der Waals surface area contributed by atoms with Crippen LogP contribution in [0.2, 0.25) is 0 Å². The Morgan fingerprint density at radius 2 is 1.90 bits per heavy atom. The number of aliphatic hydroxyl groups is 1. The molecule has 0 spiro atoms. The second-order valence-corrected chi connectivity index (χ2v) is 6.20. The molecule has 1 aromatic heterocycles. The maximum absolute atomic E-state index is 9.46. The van der Waals surface area contributed by atoms with Crippen molar-refractivity contribution in [3.05, 3.63) is 16.2 Å². The van der Waals surface area contributed by atoms with Crippen molar-refractivity contribution in [2.75, 3.05) is 11.1 Å². The van der Waals surface area contributed by atoms with E-state index in [-0.39, 0.29) is 6.10 Å². The lowest BCUT2D eigenvalue weighted by atomic mass is 9.93. The Hall–Kier alpha value is -0.810. The molecule has 0 aliphatic heterocycles. The van der Waals surface area contributed by atoms with Gasteiger partial charge in [-0.2, -0.15) is 0 Å². The first kappa shape index (κ1) is 17.2. The highest BCUT2D eigenvalue weighted by Crippen LogP contribution is 2.28. The van der Waals surface area contributed by atoms with Crippen LogP contribution in [0.4, 0.5) is 11.5 Å². The molecular formula is C15H26BrN3O. The first-order valence-electron chi connectivity index (χ1n) is 7.35. The first-order chi connectivity index (χ1) is 9.47. The van der Waals surface area contributed by atoms with Gasteiger partial charge in [-0.15, -0.1) is 0 Å². The second-order valence-electron chi connectivity index (χ2n) is 5.35. The minimum atomic E-state index is -0.127.